The zero-order chi connectivity index (χ0) is 23.7. The maximum atomic E-state index is 12.7. The molecular formula is C24H31N5O4. The minimum atomic E-state index is -0.405. The second-order valence-electron chi connectivity index (χ2n) is 8.86. The second-order valence-corrected chi connectivity index (χ2v) is 8.86. The quantitative estimate of drug-likeness (QED) is 0.569. The van der Waals surface area contributed by atoms with Gasteiger partial charge in [-0.15, -0.1) is 0 Å². The molecule has 1 saturated heterocycles. The standard InChI is InChI=1S/C24H31N5O4/c1-16-7-8-19(14-17(16)2)33-18-9-12-28(13-10-18)20(30)6-5-11-29-15-25-22-21(29)23(31)27(4)24(32)26(22)3/h7-8,14-15,18H,5-6,9-13H2,1-4H3. The minimum Gasteiger partial charge on any atom is -0.490 e. The maximum Gasteiger partial charge on any atom is 0.332 e. The van der Waals surface area contributed by atoms with Crippen LogP contribution in [0, 0.1) is 13.8 Å². The third-order valence-electron chi connectivity index (χ3n) is 6.58. The van der Waals surface area contributed by atoms with Crippen molar-refractivity contribution in [3.8, 4) is 5.75 Å². The van der Waals surface area contributed by atoms with Crippen molar-refractivity contribution in [3.63, 3.8) is 0 Å². The zero-order valence-corrected chi connectivity index (χ0v) is 19.7. The summed E-state index contributed by atoms with van der Waals surface area (Å²) in [5.41, 5.74) is 2.43. The van der Waals surface area contributed by atoms with Crippen molar-refractivity contribution < 1.29 is 9.53 Å². The average Bonchev–Trinajstić information content (AvgIpc) is 3.23. The number of carbonyl (C=O) groups excluding carboxylic acids is 1. The summed E-state index contributed by atoms with van der Waals surface area (Å²) >= 11 is 0. The van der Waals surface area contributed by atoms with E-state index in [1.165, 1.54) is 22.7 Å². The highest BCUT2D eigenvalue weighted by Crippen LogP contribution is 2.22. The number of fused-ring (bicyclic) bond motifs is 1. The Bertz CT molecular complexity index is 1290. The fourth-order valence-electron chi connectivity index (χ4n) is 4.33. The van der Waals surface area contributed by atoms with E-state index in [-0.39, 0.29) is 17.6 Å². The molecule has 0 spiro atoms. The highest BCUT2D eigenvalue weighted by molar-refractivity contribution is 5.76. The van der Waals surface area contributed by atoms with Crippen LogP contribution in [-0.4, -0.2) is 48.7 Å². The van der Waals surface area contributed by atoms with Gasteiger partial charge in [0.05, 0.1) is 6.33 Å². The fourth-order valence-corrected chi connectivity index (χ4v) is 4.33. The van der Waals surface area contributed by atoms with E-state index in [0.717, 1.165) is 23.2 Å². The van der Waals surface area contributed by atoms with Gasteiger partial charge >= 0.3 is 5.69 Å². The number of rotatable bonds is 6. The lowest BCUT2D eigenvalue weighted by atomic mass is 10.1. The van der Waals surface area contributed by atoms with Gasteiger partial charge in [0.25, 0.3) is 5.56 Å². The van der Waals surface area contributed by atoms with E-state index >= 15 is 0 Å². The molecule has 1 fully saturated rings. The molecule has 9 nitrogen and oxygen atoms in total. The van der Waals surface area contributed by atoms with Crippen molar-refractivity contribution in [1.29, 1.82) is 0 Å². The molecule has 1 amide bonds. The Morgan fingerprint density at radius 2 is 1.82 bits per heavy atom. The van der Waals surface area contributed by atoms with Crippen LogP contribution in [0.4, 0.5) is 0 Å². The minimum absolute atomic E-state index is 0.115. The molecule has 2 aromatic heterocycles. The maximum absolute atomic E-state index is 12.7. The Kier molecular flexibility index (Phi) is 6.40. The van der Waals surface area contributed by atoms with Gasteiger partial charge in [-0.3, -0.25) is 18.7 Å². The number of nitrogens with zero attached hydrogens (tertiary/aromatic N) is 5. The van der Waals surface area contributed by atoms with Crippen LogP contribution in [0.3, 0.4) is 0 Å². The molecule has 1 aliphatic heterocycles. The number of hydrogen-bond donors (Lipinski definition) is 0. The molecule has 33 heavy (non-hydrogen) atoms. The van der Waals surface area contributed by atoms with Crippen LogP contribution in [0.15, 0.2) is 34.1 Å². The van der Waals surface area contributed by atoms with E-state index in [0.29, 0.717) is 43.6 Å². The molecule has 0 unspecified atom stereocenters. The second kappa shape index (κ2) is 9.25. The molecule has 0 bridgehead atoms. The smallest absolute Gasteiger partial charge is 0.332 e. The third kappa shape index (κ3) is 4.58. The number of aromatic nitrogens is 4. The van der Waals surface area contributed by atoms with Gasteiger partial charge in [0.15, 0.2) is 11.2 Å². The fraction of sp³-hybridized carbons (Fsp3) is 0.500. The van der Waals surface area contributed by atoms with Crippen LogP contribution in [0.1, 0.15) is 36.8 Å². The summed E-state index contributed by atoms with van der Waals surface area (Å²) in [7, 11) is 3.05. The van der Waals surface area contributed by atoms with Gasteiger partial charge in [0.1, 0.15) is 11.9 Å². The van der Waals surface area contributed by atoms with E-state index < -0.39 is 5.69 Å². The molecule has 1 aliphatic rings. The number of amides is 1. The number of imidazole rings is 1. The van der Waals surface area contributed by atoms with Crippen molar-refractivity contribution in [2.75, 3.05) is 13.1 Å². The Morgan fingerprint density at radius 1 is 1.09 bits per heavy atom. The Balaban J connectivity index is 1.29. The van der Waals surface area contributed by atoms with E-state index in [9.17, 15) is 14.4 Å². The number of piperidine rings is 1. The lowest BCUT2D eigenvalue weighted by Crippen LogP contribution is -2.41. The average molecular weight is 454 g/mol. The molecule has 0 atom stereocenters. The highest BCUT2D eigenvalue weighted by Gasteiger charge is 2.24. The highest BCUT2D eigenvalue weighted by atomic mass is 16.5. The summed E-state index contributed by atoms with van der Waals surface area (Å²) in [5, 5.41) is 0. The molecule has 3 aromatic rings. The van der Waals surface area contributed by atoms with Gasteiger partial charge < -0.3 is 14.2 Å². The molecule has 0 aliphatic carbocycles. The molecule has 176 valence electrons. The first-order valence-electron chi connectivity index (χ1n) is 11.4. The number of hydrogen-bond acceptors (Lipinski definition) is 5. The van der Waals surface area contributed by atoms with E-state index in [4.69, 9.17) is 4.74 Å². The SMILES string of the molecule is Cc1ccc(OC2CCN(C(=O)CCCn3cnc4c3c(=O)n(C)c(=O)n4C)CC2)cc1C. The number of likely N-dealkylation sites (tertiary alicyclic amines) is 1. The summed E-state index contributed by atoms with van der Waals surface area (Å²) < 4.78 is 10.3. The lowest BCUT2D eigenvalue weighted by molar-refractivity contribution is -0.133. The van der Waals surface area contributed by atoms with Crippen molar-refractivity contribution >= 4 is 17.1 Å². The topological polar surface area (TPSA) is 91.4 Å². The van der Waals surface area contributed by atoms with Crippen LogP contribution in [-0.2, 0) is 25.4 Å². The van der Waals surface area contributed by atoms with E-state index in [1.54, 1.807) is 17.9 Å². The predicted molar refractivity (Wildman–Crippen MR) is 126 cm³/mol. The van der Waals surface area contributed by atoms with Crippen LogP contribution in [0.5, 0.6) is 5.75 Å². The Hall–Kier alpha value is -3.36. The van der Waals surface area contributed by atoms with Gasteiger partial charge in [0, 0.05) is 53.0 Å². The summed E-state index contributed by atoms with van der Waals surface area (Å²) in [4.78, 5) is 43.4. The molecule has 0 saturated carbocycles. The summed E-state index contributed by atoms with van der Waals surface area (Å²) in [5.74, 6) is 1.00. The van der Waals surface area contributed by atoms with Crippen molar-refractivity contribution in [2.24, 2.45) is 14.1 Å². The molecule has 0 N–H and O–H groups in total. The van der Waals surface area contributed by atoms with Crippen LogP contribution in [0.25, 0.3) is 11.2 Å². The van der Waals surface area contributed by atoms with Gasteiger partial charge in [-0.2, -0.15) is 0 Å². The first kappa shape index (κ1) is 22.8. The summed E-state index contributed by atoms with van der Waals surface area (Å²) in [6.45, 7) is 6.02. The van der Waals surface area contributed by atoms with Gasteiger partial charge in [-0.1, -0.05) is 6.07 Å². The summed E-state index contributed by atoms with van der Waals surface area (Å²) in [6.07, 6.45) is 4.30. The van der Waals surface area contributed by atoms with E-state index in [1.807, 2.05) is 11.0 Å². The van der Waals surface area contributed by atoms with Gasteiger partial charge in [-0.25, -0.2) is 9.78 Å². The Morgan fingerprint density at radius 3 is 2.52 bits per heavy atom. The molecular weight excluding hydrogens is 422 g/mol. The largest absolute Gasteiger partial charge is 0.490 e. The zero-order valence-electron chi connectivity index (χ0n) is 19.7. The lowest BCUT2D eigenvalue weighted by Gasteiger charge is -2.32. The first-order valence-corrected chi connectivity index (χ1v) is 11.4. The van der Waals surface area contributed by atoms with Crippen molar-refractivity contribution in [2.45, 2.75) is 52.2 Å². The van der Waals surface area contributed by atoms with Gasteiger partial charge in [-0.05, 0) is 43.5 Å². The third-order valence-corrected chi connectivity index (χ3v) is 6.58. The Labute approximate surface area is 192 Å². The first-order chi connectivity index (χ1) is 15.8. The van der Waals surface area contributed by atoms with Crippen molar-refractivity contribution in [1.82, 2.24) is 23.6 Å². The molecule has 3 heterocycles. The number of carbonyl (C=O) groups is 1. The number of benzene rings is 1. The molecule has 1 aromatic carbocycles. The van der Waals surface area contributed by atoms with E-state index in [2.05, 4.69) is 31.0 Å². The molecule has 4 rings (SSSR count). The number of ether oxygens (including phenoxy) is 1. The van der Waals surface area contributed by atoms with Crippen molar-refractivity contribution in [3.05, 3.63) is 56.5 Å². The molecule has 9 heteroatoms. The normalized spacial score (nSPS) is 14.7. The predicted octanol–water partition coefficient (Wildman–Crippen LogP) is 1.90. The monoisotopic (exact) mass is 453 g/mol. The van der Waals surface area contributed by atoms with Crippen LogP contribution in [0.2, 0.25) is 0 Å². The molecule has 0 radical (unpaired) electrons. The summed E-state index contributed by atoms with van der Waals surface area (Å²) in [6, 6.07) is 6.14. The van der Waals surface area contributed by atoms with Crippen LogP contribution < -0.4 is 16.0 Å². The van der Waals surface area contributed by atoms with Gasteiger partial charge in [0.2, 0.25) is 5.91 Å². The van der Waals surface area contributed by atoms with Crippen LogP contribution >= 0.6 is 0 Å². The number of aryl methyl sites for hydroxylation is 4.